The van der Waals surface area contributed by atoms with Crippen LogP contribution in [0.3, 0.4) is 0 Å². The van der Waals surface area contributed by atoms with Gasteiger partial charge in [-0.3, -0.25) is 14.7 Å². The van der Waals surface area contributed by atoms with Crippen LogP contribution in [-0.4, -0.2) is 71.1 Å². The van der Waals surface area contributed by atoms with E-state index in [0.29, 0.717) is 11.7 Å². The summed E-state index contributed by atoms with van der Waals surface area (Å²) >= 11 is 0. The van der Waals surface area contributed by atoms with Gasteiger partial charge in [0.1, 0.15) is 5.69 Å². The third-order valence-corrected chi connectivity index (χ3v) is 5.91. The summed E-state index contributed by atoms with van der Waals surface area (Å²) < 4.78 is 5.50. The molecule has 0 radical (unpaired) electrons. The van der Waals surface area contributed by atoms with Gasteiger partial charge in [0.05, 0.1) is 6.20 Å². The standard InChI is InChI=1S/C18H26N4O2/c23-17(16-12-19-6-7-20-16)22-8-1-4-18(14-22)5-9-21(13-18)15-2-10-24-11-3-15/h6-7,12,15H,1-5,8-11,13-14H2/t18-/m1/s1. The molecule has 6 nitrogen and oxygen atoms in total. The van der Waals surface area contributed by atoms with E-state index in [1.807, 2.05) is 4.90 Å². The largest absolute Gasteiger partial charge is 0.381 e. The van der Waals surface area contributed by atoms with Crippen LogP contribution in [0.2, 0.25) is 0 Å². The molecule has 0 saturated carbocycles. The molecule has 130 valence electrons. The van der Waals surface area contributed by atoms with Crippen molar-refractivity contribution in [2.45, 2.75) is 38.1 Å². The highest BCUT2D eigenvalue weighted by atomic mass is 16.5. The fourth-order valence-electron chi connectivity index (χ4n) is 4.62. The van der Waals surface area contributed by atoms with Crippen LogP contribution in [0.25, 0.3) is 0 Å². The molecule has 3 aliphatic rings. The van der Waals surface area contributed by atoms with E-state index >= 15 is 0 Å². The molecule has 0 unspecified atom stereocenters. The number of ether oxygens (including phenoxy) is 1. The zero-order chi connectivity index (χ0) is 16.4. The highest BCUT2D eigenvalue weighted by molar-refractivity contribution is 5.92. The number of nitrogens with zero attached hydrogens (tertiary/aromatic N) is 4. The second kappa shape index (κ2) is 6.76. The van der Waals surface area contributed by atoms with Gasteiger partial charge in [0, 0.05) is 56.7 Å². The van der Waals surface area contributed by atoms with Crippen molar-refractivity contribution in [2.24, 2.45) is 5.41 Å². The predicted octanol–water partition coefficient (Wildman–Crippen LogP) is 1.58. The van der Waals surface area contributed by atoms with Crippen LogP contribution >= 0.6 is 0 Å². The maximum absolute atomic E-state index is 12.7. The van der Waals surface area contributed by atoms with E-state index in [1.165, 1.54) is 12.8 Å². The van der Waals surface area contributed by atoms with E-state index in [0.717, 1.165) is 58.7 Å². The number of piperidine rings is 1. The lowest BCUT2D eigenvalue weighted by molar-refractivity contribution is 0.0295. The van der Waals surface area contributed by atoms with Crippen molar-refractivity contribution < 1.29 is 9.53 Å². The fraction of sp³-hybridized carbons (Fsp3) is 0.722. The Labute approximate surface area is 143 Å². The molecule has 3 saturated heterocycles. The van der Waals surface area contributed by atoms with E-state index in [9.17, 15) is 4.79 Å². The van der Waals surface area contributed by atoms with Crippen LogP contribution in [0.1, 0.15) is 42.6 Å². The van der Waals surface area contributed by atoms with Crippen LogP contribution in [0.4, 0.5) is 0 Å². The summed E-state index contributed by atoms with van der Waals surface area (Å²) in [6.45, 7) is 5.78. The van der Waals surface area contributed by atoms with Gasteiger partial charge in [0.2, 0.25) is 0 Å². The summed E-state index contributed by atoms with van der Waals surface area (Å²) in [5.41, 5.74) is 0.739. The summed E-state index contributed by atoms with van der Waals surface area (Å²) in [6.07, 6.45) is 10.6. The zero-order valence-corrected chi connectivity index (χ0v) is 14.2. The fourth-order valence-corrected chi connectivity index (χ4v) is 4.62. The van der Waals surface area contributed by atoms with Crippen LogP contribution in [-0.2, 0) is 4.74 Å². The Bertz CT molecular complexity index is 576. The maximum atomic E-state index is 12.7. The number of hydrogen-bond donors (Lipinski definition) is 0. The molecule has 24 heavy (non-hydrogen) atoms. The molecule has 3 fully saturated rings. The van der Waals surface area contributed by atoms with Crippen molar-refractivity contribution in [3.63, 3.8) is 0 Å². The van der Waals surface area contributed by atoms with Gasteiger partial charge >= 0.3 is 0 Å². The van der Waals surface area contributed by atoms with Crippen molar-refractivity contribution in [3.05, 3.63) is 24.3 Å². The van der Waals surface area contributed by atoms with E-state index < -0.39 is 0 Å². The van der Waals surface area contributed by atoms with Gasteiger partial charge in [-0.25, -0.2) is 4.98 Å². The third-order valence-electron chi connectivity index (χ3n) is 5.91. The molecular formula is C18H26N4O2. The Morgan fingerprint density at radius 1 is 1.17 bits per heavy atom. The molecule has 1 spiro atoms. The van der Waals surface area contributed by atoms with Crippen molar-refractivity contribution in [3.8, 4) is 0 Å². The number of hydrogen-bond acceptors (Lipinski definition) is 5. The second-order valence-corrected chi connectivity index (χ2v) is 7.48. The quantitative estimate of drug-likeness (QED) is 0.824. The van der Waals surface area contributed by atoms with E-state index in [4.69, 9.17) is 4.74 Å². The first-order valence-electron chi connectivity index (χ1n) is 9.13. The predicted molar refractivity (Wildman–Crippen MR) is 89.6 cm³/mol. The third kappa shape index (κ3) is 3.17. The Morgan fingerprint density at radius 3 is 2.83 bits per heavy atom. The summed E-state index contributed by atoms with van der Waals surface area (Å²) in [5, 5.41) is 0. The molecule has 0 aromatic carbocycles. The van der Waals surface area contributed by atoms with E-state index in [2.05, 4.69) is 14.9 Å². The Hall–Kier alpha value is -1.53. The molecule has 1 aromatic heterocycles. The lowest BCUT2D eigenvalue weighted by atomic mass is 9.79. The topological polar surface area (TPSA) is 58.6 Å². The van der Waals surface area contributed by atoms with Crippen LogP contribution < -0.4 is 0 Å². The van der Waals surface area contributed by atoms with Crippen LogP contribution in [0.15, 0.2) is 18.6 Å². The molecule has 0 N–H and O–H groups in total. The lowest BCUT2D eigenvalue weighted by Gasteiger charge is -2.41. The van der Waals surface area contributed by atoms with E-state index in [-0.39, 0.29) is 11.3 Å². The van der Waals surface area contributed by atoms with Crippen molar-refractivity contribution in [1.29, 1.82) is 0 Å². The number of likely N-dealkylation sites (tertiary alicyclic amines) is 2. The van der Waals surface area contributed by atoms with E-state index in [1.54, 1.807) is 18.6 Å². The normalized spacial score (nSPS) is 29.2. The molecule has 1 amide bonds. The molecule has 0 aliphatic carbocycles. The molecule has 3 aliphatic heterocycles. The van der Waals surface area contributed by atoms with Gasteiger partial charge in [0.25, 0.3) is 5.91 Å². The SMILES string of the molecule is O=C(c1cnccn1)N1CCC[C@]2(CCN(C3CCOCC3)C2)C1. The highest BCUT2D eigenvalue weighted by Gasteiger charge is 2.44. The number of amides is 1. The molecule has 4 rings (SSSR count). The maximum Gasteiger partial charge on any atom is 0.274 e. The van der Waals surface area contributed by atoms with Crippen LogP contribution in [0.5, 0.6) is 0 Å². The van der Waals surface area contributed by atoms with Gasteiger partial charge in [-0.05, 0) is 38.6 Å². The van der Waals surface area contributed by atoms with Gasteiger partial charge in [-0.1, -0.05) is 0 Å². The van der Waals surface area contributed by atoms with Crippen molar-refractivity contribution in [2.75, 3.05) is 39.4 Å². The van der Waals surface area contributed by atoms with Gasteiger partial charge in [-0.15, -0.1) is 0 Å². The van der Waals surface area contributed by atoms with Gasteiger partial charge in [-0.2, -0.15) is 0 Å². The summed E-state index contributed by atoms with van der Waals surface area (Å²) in [7, 11) is 0. The zero-order valence-electron chi connectivity index (χ0n) is 14.2. The summed E-state index contributed by atoms with van der Waals surface area (Å²) in [5.74, 6) is 0.0340. The highest BCUT2D eigenvalue weighted by Crippen LogP contribution is 2.40. The average Bonchev–Trinajstić information content (AvgIpc) is 3.06. The molecule has 0 bridgehead atoms. The first kappa shape index (κ1) is 16.0. The lowest BCUT2D eigenvalue weighted by Crippen LogP contribution is -2.48. The second-order valence-electron chi connectivity index (χ2n) is 7.48. The van der Waals surface area contributed by atoms with Crippen molar-refractivity contribution in [1.82, 2.24) is 19.8 Å². The molecule has 6 heteroatoms. The van der Waals surface area contributed by atoms with Crippen molar-refractivity contribution >= 4 is 5.91 Å². The number of carbonyl (C=O) groups excluding carboxylic acids is 1. The van der Waals surface area contributed by atoms with Gasteiger partial charge in [0.15, 0.2) is 0 Å². The molecule has 1 atom stereocenters. The average molecular weight is 330 g/mol. The molecule has 4 heterocycles. The Kier molecular flexibility index (Phi) is 4.50. The summed E-state index contributed by atoms with van der Waals surface area (Å²) in [6, 6.07) is 0.671. The minimum atomic E-state index is 0.0340. The first-order valence-corrected chi connectivity index (χ1v) is 9.13. The minimum absolute atomic E-state index is 0.0340. The summed E-state index contributed by atoms with van der Waals surface area (Å²) in [4.78, 5) is 25.6. The number of aromatic nitrogens is 2. The first-order chi connectivity index (χ1) is 11.8. The molecular weight excluding hydrogens is 304 g/mol. The Balaban J connectivity index is 1.42. The molecule has 1 aromatic rings. The number of rotatable bonds is 2. The smallest absolute Gasteiger partial charge is 0.274 e. The van der Waals surface area contributed by atoms with Gasteiger partial charge < -0.3 is 9.64 Å². The minimum Gasteiger partial charge on any atom is -0.381 e. The van der Waals surface area contributed by atoms with Crippen LogP contribution in [0, 0.1) is 5.41 Å². The number of carbonyl (C=O) groups is 1. The monoisotopic (exact) mass is 330 g/mol. The Morgan fingerprint density at radius 2 is 2.04 bits per heavy atom.